The second-order valence-corrected chi connectivity index (χ2v) is 6.34. The molecule has 2 N–H and O–H groups in total. The predicted octanol–water partition coefficient (Wildman–Crippen LogP) is 2.93. The molecule has 0 atom stereocenters. The van der Waals surface area contributed by atoms with Gasteiger partial charge in [-0.3, -0.25) is 0 Å². The van der Waals surface area contributed by atoms with E-state index in [1.807, 2.05) is 25.1 Å². The molecule has 0 fully saturated rings. The SMILES string of the molecule is CN(C)Cc1ccc(CNC(=O)N(C)Cc2ccc(O)cc2)cc1F. The summed E-state index contributed by atoms with van der Waals surface area (Å²) in [6.45, 7) is 1.22. The Balaban J connectivity index is 1.88. The minimum absolute atomic E-state index is 0.190. The minimum Gasteiger partial charge on any atom is -0.508 e. The highest BCUT2D eigenvalue weighted by Gasteiger charge is 2.10. The molecule has 2 amide bonds. The van der Waals surface area contributed by atoms with Gasteiger partial charge in [0.05, 0.1) is 0 Å². The highest BCUT2D eigenvalue weighted by molar-refractivity contribution is 5.73. The molecule has 5 nitrogen and oxygen atoms in total. The lowest BCUT2D eigenvalue weighted by atomic mass is 10.1. The fourth-order valence-corrected chi connectivity index (χ4v) is 2.43. The number of nitrogens with one attached hydrogen (secondary N) is 1. The zero-order chi connectivity index (χ0) is 18.4. The van der Waals surface area contributed by atoms with E-state index < -0.39 is 0 Å². The zero-order valence-corrected chi connectivity index (χ0v) is 14.8. The molecule has 0 radical (unpaired) electrons. The molecule has 6 heteroatoms. The van der Waals surface area contributed by atoms with Gasteiger partial charge in [0.25, 0.3) is 0 Å². The largest absolute Gasteiger partial charge is 0.508 e. The van der Waals surface area contributed by atoms with Crippen molar-refractivity contribution >= 4 is 6.03 Å². The molecular formula is C19H24FN3O2. The molecule has 0 saturated carbocycles. The van der Waals surface area contributed by atoms with Crippen LogP contribution in [0.3, 0.4) is 0 Å². The third-order valence-electron chi connectivity index (χ3n) is 3.75. The number of halogens is 1. The number of hydrogen-bond acceptors (Lipinski definition) is 3. The number of phenolic OH excluding ortho intramolecular Hbond substituents is 1. The summed E-state index contributed by atoms with van der Waals surface area (Å²) >= 11 is 0. The molecule has 0 unspecified atom stereocenters. The number of carbonyl (C=O) groups is 1. The number of nitrogens with zero attached hydrogens (tertiary/aromatic N) is 2. The van der Waals surface area contributed by atoms with Crippen LogP contribution in [-0.2, 0) is 19.6 Å². The third kappa shape index (κ3) is 5.76. The summed E-state index contributed by atoms with van der Waals surface area (Å²) in [5.41, 5.74) is 2.26. The van der Waals surface area contributed by atoms with Crippen molar-refractivity contribution in [3.05, 3.63) is 65.0 Å². The van der Waals surface area contributed by atoms with Crippen molar-refractivity contribution in [1.82, 2.24) is 15.1 Å². The van der Waals surface area contributed by atoms with Gasteiger partial charge in [0.2, 0.25) is 0 Å². The summed E-state index contributed by atoms with van der Waals surface area (Å²) in [6.07, 6.45) is 0. The van der Waals surface area contributed by atoms with Crippen molar-refractivity contribution < 1.29 is 14.3 Å². The van der Waals surface area contributed by atoms with E-state index in [0.717, 1.165) is 5.56 Å². The number of amides is 2. The molecule has 2 rings (SSSR count). The topological polar surface area (TPSA) is 55.8 Å². The summed E-state index contributed by atoms with van der Waals surface area (Å²) in [4.78, 5) is 15.6. The zero-order valence-electron chi connectivity index (χ0n) is 14.8. The fourth-order valence-electron chi connectivity index (χ4n) is 2.43. The fraction of sp³-hybridized carbons (Fsp3) is 0.316. The second kappa shape index (κ2) is 8.48. The van der Waals surface area contributed by atoms with Crippen molar-refractivity contribution in [2.24, 2.45) is 0 Å². The van der Waals surface area contributed by atoms with Crippen LogP contribution < -0.4 is 5.32 Å². The molecule has 0 aliphatic heterocycles. The number of rotatable bonds is 6. The van der Waals surface area contributed by atoms with Crippen LogP contribution in [0.1, 0.15) is 16.7 Å². The van der Waals surface area contributed by atoms with Gasteiger partial charge in [-0.1, -0.05) is 24.3 Å². The Labute approximate surface area is 147 Å². The third-order valence-corrected chi connectivity index (χ3v) is 3.75. The van der Waals surface area contributed by atoms with E-state index in [9.17, 15) is 14.3 Å². The van der Waals surface area contributed by atoms with Crippen molar-refractivity contribution in [1.29, 1.82) is 0 Å². The first-order chi connectivity index (χ1) is 11.8. The molecule has 0 aliphatic rings. The Bertz CT molecular complexity index is 717. The number of carbonyl (C=O) groups excluding carboxylic acids is 1. The molecule has 2 aromatic rings. The van der Waals surface area contributed by atoms with Gasteiger partial charge in [0.1, 0.15) is 11.6 Å². The summed E-state index contributed by atoms with van der Waals surface area (Å²) < 4.78 is 14.0. The Hall–Kier alpha value is -2.60. The Morgan fingerprint density at radius 2 is 1.68 bits per heavy atom. The average Bonchev–Trinajstić information content (AvgIpc) is 2.56. The van der Waals surface area contributed by atoms with Crippen molar-refractivity contribution in [2.75, 3.05) is 21.1 Å². The number of hydrogen-bond donors (Lipinski definition) is 2. The summed E-state index contributed by atoms with van der Waals surface area (Å²) in [7, 11) is 5.46. The number of aromatic hydroxyl groups is 1. The smallest absolute Gasteiger partial charge is 0.317 e. The second-order valence-electron chi connectivity index (χ2n) is 6.34. The number of urea groups is 1. The molecule has 0 aromatic heterocycles. The van der Waals surface area contributed by atoms with Gasteiger partial charge in [-0.05, 0) is 43.4 Å². The number of benzene rings is 2. The van der Waals surface area contributed by atoms with E-state index in [1.165, 1.54) is 11.0 Å². The molecule has 25 heavy (non-hydrogen) atoms. The van der Waals surface area contributed by atoms with Crippen molar-refractivity contribution in [2.45, 2.75) is 19.6 Å². The molecule has 2 aromatic carbocycles. The van der Waals surface area contributed by atoms with Crippen LogP contribution in [0.2, 0.25) is 0 Å². The molecule has 0 bridgehead atoms. The summed E-state index contributed by atoms with van der Waals surface area (Å²) in [5.74, 6) is -0.0755. The van der Waals surface area contributed by atoms with Crippen LogP contribution in [0.4, 0.5) is 9.18 Å². The average molecular weight is 345 g/mol. The Kier molecular flexibility index (Phi) is 6.36. The van der Waals surface area contributed by atoms with Crippen LogP contribution in [0, 0.1) is 5.82 Å². The Morgan fingerprint density at radius 1 is 1.04 bits per heavy atom. The molecular weight excluding hydrogens is 321 g/mol. The van der Waals surface area contributed by atoms with E-state index >= 15 is 0 Å². The van der Waals surface area contributed by atoms with Gasteiger partial charge in [-0.15, -0.1) is 0 Å². The highest BCUT2D eigenvalue weighted by atomic mass is 19.1. The van der Waals surface area contributed by atoms with Crippen LogP contribution in [0.25, 0.3) is 0 Å². The lowest BCUT2D eigenvalue weighted by Crippen LogP contribution is -2.36. The van der Waals surface area contributed by atoms with E-state index in [4.69, 9.17) is 0 Å². The highest BCUT2D eigenvalue weighted by Crippen LogP contribution is 2.13. The lowest BCUT2D eigenvalue weighted by Gasteiger charge is -2.18. The quantitative estimate of drug-likeness (QED) is 0.846. The number of phenols is 1. The van der Waals surface area contributed by atoms with Gasteiger partial charge in [0.15, 0.2) is 0 Å². The first kappa shape index (κ1) is 18.7. The monoisotopic (exact) mass is 345 g/mol. The Morgan fingerprint density at radius 3 is 2.28 bits per heavy atom. The van der Waals surface area contributed by atoms with E-state index in [1.54, 1.807) is 37.4 Å². The van der Waals surface area contributed by atoms with Crippen LogP contribution >= 0.6 is 0 Å². The summed E-state index contributed by atoms with van der Waals surface area (Å²) in [6, 6.07) is 11.5. The lowest BCUT2D eigenvalue weighted by molar-refractivity contribution is 0.206. The minimum atomic E-state index is -0.266. The van der Waals surface area contributed by atoms with Crippen molar-refractivity contribution in [3.8, 4) is 5.75 Å². The van der Waals surface area contributed by atoms with Gasteiger partial charge < -0.3 is 20.2 Å². The first-order valence-electron chi connectivity index (χ1n) is 8.04. The van der Waals surface area contributed by atoms with Gasteiger partial charge in [-0.2, -0.15) is 0 Å². The molecule has 0 spiro atoms. The van der Waals surface area contributed by atoms with Crippen LogP contribution in [0.5, 0.6) is 5.75 Å². The first-order valence-corrected chi connectivity index (χ1v) is 8.04. The van der Waals surface area contributed by atoms with Gasteiger partial charge in [0, 0.05) is 32.2 Å². The van der Waals surface area contributed by atoms with Crippen LogP contribution in [0.15, 0.2) is 42.5 Å². The molecule has 134 valence electrons. The maximum atomic E-state index is 14.0. The maximum absolute atomic E-state index is 14.0. The van der Waals surface area contributed by atoms with E-state index in [-0.39, 0.29) is 24.1 Å². The normalized spacial score (nSPS) is 10.8. The van der Waals surface area contributed by atoms with Crippen LogP contribution in [-0.4, -0.2) is 42.1 Å². The maximum Gasteiger partial charge on any atom is 0.317 e. The molecule has 0 saturated heterocycles. The van der Waals surface area contributed by atoms with Gasteiger partial charge in [-0.25, -0.2) is 9.18 Å². The molecule has 0 aliphatic carbocycles. The summed E-state index contributed by atoms with van der Waals surface area (Å²) in [5, 5.41) is 12.1. The molecule has 0 heterocycles. The van der Waals surface area contributed by atoms with Gasteiger partial charge >= 0.3 is 6.03 Å². The van der Waals surface area contributed by atoms with E-state index in [2.05, 4.69) is 5.32 Å². The standard InChI is InChI=1S/C19H24FN3O2/c1-22(2)13-16-7-4-15(10-18(16)20)11-21-19(25)23(3)12-14-5-8-17(24)9-6-14/h4-10,24H,11-13H2,1-3H3,(H,21,25). The van der Waals surface area contributed by atoms with E-state index in [0.29, 0.717) is 24.2 Å². The predicted molar refractivity (Wildman–Crippen MR) is 95.6 cm³/mol. The van der Waals surface area contributed by atoms with Crippen molar-refractivity contribution in [3.63, 3.8) is 0 Å².